The first kappa shape index (κ1) is 17.5. The summed E-state index contributed by atoms with van der Waals surface area (Å²) in [6, 6.07) is 6.12. The summed E-state index contributed by atoms with van der Waals surface area (Å²) < 4.78 is 0. The van der Waals surface area contributed by atoms with Gasteiger partial charge in [0, 0.05) is 24.2 Å². The fourth-order valence-electron chi connectivity index (χ4n) is 1.90. The minimum absolute atomic E-state index is 0.0610. The van der Waals surface area contributed by atoms with Crippen LogP contribution >= 0.6 is 11.6 Å². The summed E-state index contributed by atoms with van der Waals surface area (Å²) in [5.41, 5.74) is 0.500. The number of amides is 2. The van der Waals surface area contributed by atoms with E-state index in [1.54, 1.807) is 36.2 Å². The highest BCUT2D eigenvalue weighted by Crippen LogP contribution is 2.13. The summed E-state index contributed by atoms with van der Waals surface area (Å²) in [5.74, 6) is -0.244. The van der Waals surface area contributed by atoms with Crippen LogP contribution in [0, 0.1) is 5.92 Å². The summed E-state index contributed by atoms with van der Waals surface area (Å²) >= 11 is 5.81. The van der Waals surface area contributed by atoms with Gasteiger partial charge in [0.2, 0.25) is 5.91 Å². The van der Waals surface area contributed by atoms with Crippen molar-refractivity contribution in [1.29, 1.82) is 0 Å². The van der Waals surface area contributed by atoms with Gasteiger partial charge in [-0.3, -0.25) is 9.59 Å². The second-order valence-electron chi connectivity index (χ2n) is 5.20. The van der Waals surface area contributed by atoms with Crippen LogP contribution in [0.1, 0.15) is 37.6 Å². The van der Waals surface area contributed by atoms with Crippen molar-refractivity contribution < 1.29 is 9.59 Å². The molecule has 0 saturated heterocycles. The Kier molecular flexibility index (Phi) is 6.69. The molecule has 2 atom stereocenters. The van der Waals surface area contributed by atoms with Crippen LogP contribution in [0.4, 0.5) is 0 Å². The molecule has 0 aliphatic heterocycles. The number of benzene rings is 1. The van der Waals surface area contributed by atoms with Gasteiger partial charge in [0.15, 0.2) is 0 Å². The average Bonchev–Trinajstić information content (AvgIpc) is 2.50. The molecule has 1 rings (SSSR count). The van der Waals surface area contributed by atoms with Gasteiger partial charge in [-0.2, -0.15) is 0 Å². The zero-order chi connectivity index (χ0) is 16.0. The number of nitrogens with zero attached hydrogens (tertiary/aromatic N) is 1. The van der Waals surface area contributed by atoms with Crippen molar-refractivity contribution in [2.45, 2.75) is 33.2 Å². The summed E-state index contributed by atoms with van der Waals surface area (Å²) in [4.78, 5) is 26.3. The van der Waals surface area contributed by atoms with E-state index >= 15 is 0 Å². The van der Waals surface area contributed by atoms with Crippen molar-refractivity contribution in [2.24, 2.45) is 5.92 Å². The topological polar surface area (TPSA) is 49.4 Å². The Morgan fingerprint density at radius 3 is 2.29 bits per heavy atom. The molecule has 5 heteroatoms. The Hall–Kier alpha value is -1.55. The maximum atomic E-state index is 12.4. The molecule has 0 spiro atoms. The highest BCUT2D eigenvalue weighted by atomic mass is 35.5. The van der Waals surface area contributed by atoms with Gasteiger partial charge in [-0.05, 0) is 37.1 Å². The van der Waals surface area contributed by atoms with Crippen LogP contribution in [-0.4, -0.2) is 36.3 Å². The van der Waals surface area contributed by atoms with Crippen LogP contribution in [0.25, 0.3) is 0 Å². The van der Waals surface area contributed by atoms with Crippen LogP contribution in [0.3, 0.4) is 0 Å². The first-order valence-electron chi connectivity index (χ1n) is 7.22. The van der Waals surface area contributed by atoms with E-state index < -0.39 is 6.04 Å². The summed E-state index contributed by atoms with van der Waals surface area (Å²) in [6.45, 7) is 6.49. The fourth-order valence-corrected chi connectivity index (χ4v) is 2.03. The molecule has 0 heterocycles. The van der Waals surface area contributed by atoms with Gasteiger partial charge in [-0.1, -0.05) is 31.9 Å². The molecule has 0 aliphatic rings. The standard InChI is InChI=1S/C16H23ClN2O2/c1-5-11(3)14(16(21)19(4)6-2)18-15(20)12-7-9-13(17)10-8-12/h7-11,14H,5-6H2,1-4H3,(H,18,20). The van der Waals surface area contributed by atoms with Gasteiger partial charge in [-0.25, -0.2) is 0 Å². The zero-order valence-corrected chi connectivity index (χ0v) is 13.8. The molecule has 1 aromatic carbocycles. The minimum Gasteiger partial charge on any atom is -0.344 e. The summed E-state index contributed by atoms with van der Waals surface area (Å²) in [6.07, 6.45) is 0.814. The molecule has 21 heavy (non-hydrogen) atoms. The fraction of sp³-hybridized carbons (Fsp3) is 0.500. The number of rotatable bonds is 6. The Bertz CT molecular complexity index is 488. The van der Waals surface area contributed by atoms with Crippen LogP contribution in [0.2, 0.25) is 5.02 Å². The lowest BCUT2D eigenvalue weighted by molar-refractivity contribution is -0.133. The van der Waals surface area contributed by atoms with Crippen molar-refractivity contribution in [3.05, 3.63) is 34.9 Å². The van der Waals surface area contributed by atoms with Gasteiger partial charge >= 0.3 is 0 Å². The number of hydrogen-bond donors (Lipinski definition) is 1. The highest BCUT2D eigenvalue weighted by molar-refractivity contribution is 6.30. The SMILES string of the molecule is CCC(C)C(NC(=O)c1ccc(Cl)cc1)C(=O)N(C)CC. The Morgan fingerprint density at radius 2 is 1.81 bits per heavy atom. The average molecular weight is 311 g/mol. The first-order chi connectivity index (χ1) is 9.90. The zero-order valence-electron chi connectivity index (χ0n) is 13.0. The molecule has 0 aliphatic carbocycles. The van der Waals surface area contributed by atoms with Gasteiger partial charge in [-0.15, -0.1) is 0 Å². The normalized spacial score (nSPS) is 13.4. The molecule has 1 N–H and O–H groups in total. The van der Waals surface area contributed by atoms with E-state index in [2.05, 4.69) is 5.32 Å². The van der Waals surface area contributed by atoms with E-state index in [0.717, 1.165) is 6.42 Å². The van der Waals surface area contributed by atoms with E-state index in [9.17, 15) is 9.59 Å². The smallest absolute Gasteiger partial charge is 0.251 e. The number of nitrogens with one attached hydrogen (secondary N) is 1. The molecular weight excluding hydrogens is 288 g/mol. The number of carbonyl (C=O) groups excluding carboxylic acids is 2. The Morgan fingerprint density at radius 1 is 1.24 bits per heavy atom. The summed E-state index contributed by atoms with van der Waals surface area (Å²) in [7, 11) is 1.74. The molecule has 4 nitrogen and oxygen atoms in total. The van der Waals surface area contributed by atoms with Crippen LogP contribution in [0.15, 0.2) is 24.3 Å². The van der Waals surface area contributed by atoms with E-state index in [1.807, 2.05) is 20.8 Å². The van der Waals surface area contributed by atoms with Gasteiger partial charge in [0.1, 0.15) is 6.04 Å². The number of likely N-dealkylation sites (N-methyl/N-ethyl adjacent to an activating group) is 1. The van der Waals surface area contributed by atoms with Gasteiger partial charge in [0.25, 0.3) is 5.91 Å². The molecule has 0 fully saturated rings. The maximum Gasteiger partial charge on any atom is 0.251 e. The monoisotopic (exact) mass is 310 g/mol. The van der Waals surface area contributed by atoms with Crippen molar-refractivity contribution in [2.75, 3.05) is 13.6 Å². The van der Waals surface area contributed by atoms with Gasteiger partial charge in [0.05, 0.1) is 0 Å². The lowest BCUT2D eigenvalue weighted by Crippen LogP contribution is -2.50. The number of halogens is 1. The Balaban J connectivity index is 2.88. The molecule has 0 aromatic heterocycles. The third-order valence-electron chi connectivity index (χ3n) is 3.72. The van der Waals surface area contributed by atoms with Crippen LogP contribution < -0.4 is 5.32 Å². The number of carbonyl (C=O) groups is 2. The minimum atomic E-state index is -0.511. The van der Waals surface area contributed by atoms with E-state index in [0.29, 0.717) is 17.1 Å². The van der Waals surface area contributed by atoms with E-state index in [1.165, 1.54) is 0 Å². The molecule has 0 radical (unpaired) electrons. The lowest BCUT2D eigenvalue weighted by Gasteiger charge is -2.27. The van der Waals surface area contributed by atoms with Crippen LogP contribution in [-0.2, 0) is 4.79 Å². The predicted octanol–water partition coefficient (Wildman–Crippen LogP) is 2.96. The second-order valence-corrected chi connectivity index (χ2v) is 5.63. The Labute approximate surface area is 131 Å². The summed E-state index contributed by atoms with van der Waals surface area (Å²) in [5, 5.41) is 3.42. The van der Waals surface area contributed by atoms with Crippen molar-refractivity contribution in [3.63, 3.8) is 0 Å². The van der Waals surface area contributed by atoms with Crippen molar-refractivity contribution in [1.82, 2.24) is 10.2 Å². The molecule has 0 bridgehead atoms. The van der Waals surface area contributed by atoms with Gasteiger partial charge < -0.3 is 10.2 Å². The van der Waals surface area contributed by atoms with Crippen molar-refractivity contribution in [3.8, 4) is 0 Å². The molecule has 2 unspecified atom stereocenters. The van der Waals surface area contributed by atoms with E-state index in [-0.39, 0.29) is 17.7 Å². The van der Waals surface area contributed by atoms with Crippen molar-refractivity contribution >= 4 is 23.4 Å². The van der Waals surface area contributed by atoms with E-state index in [4.69, 9.17) is 11.6 Å². The quantitative estimate of drug-likeness (QED) is 0.878. The maximum absolute atomic E-state index is 12.4. The lowest BCUT2D eigenvalue weighted by atomic mass is 9.97. The molecule has 116 valence electrons. The number of hydrogen-bond acceptors (Lipinski definition) is 2. The highest BCUT2D eigenvalue weighted by Gasteiger charge is 2.28. The first-order valence-corrected chi connectivity index (χ1v) is 7.59. The van der Waals surface area contributed by atoms with Crippen LogP contribution in [0.5, 0.6) is 0 Å². The molecule has 1 aromatic rings. The third kappa shape index (κ3) is 4.74. The molecule has 2 amide bonds. The third-order valence-corrected chi connectivity index (χ3v) is 3.97. The molecule has 0 saturated carbocycles. The molecular formula is C16H23ClN2O2. The second kappa shape index (κ2) is 8.03. The largest absolute Gasteiger partial charge is 0.344 e. The predicted molar refractivity (Wildman–Crippen MR) is 85.5 cm³/mol.